The van der Waals surface area contributed by atoms with Crippen molar-refractivity contribution < 1.29 is 23.8 Å². The van der Waals surface area contributed by atoms with Crippen molar-refractivity contribution >= 4 is 50.6 Å². The highest BCUT2D eigenvalue weighted by atomic mass is 79.9. The molecule has 2 amide bonds. The molecule has 0 radical (unpaired) electrons. The molecule has 1 saturated carbocycles. The number of nitrogens with zero attached hydrogens (tertiary/aromatic N) is 3. The number of amides is 2. The van der Waals surface area contributed by atoms with Gasteiger partial charge in [0.1, 0.15) is 5.60 Å². The number of benzene rings is 1. The summed E-state index contributed by atoms with van der Waals surface area (Å²) in [5.41, 5.74) is 1.15. The van der Waals surface area contributed by atoms with Crippen molar-refractivity contribution in [2.24, 2.45) is 5.41 Å². The van der Waals surface area contributed by atoms with Gasteiger partial charge < -0.3 is 24.4 Å². The van der Waals surface area contributed by atoms with Crippen molar-refractivity contribution in [2.75, 3.05) is 26.3 Å². The first kappa shape index (κ1) is 28.5. The molecule has 5 rings (SSSR count). The second-order valence-corrected chi connectivity index (χ2v) is 13.2. The molecule has 1 N–H and O–H groups in total. The summed E-state index contributed by atoms with van der Waals surface area (Å²) in [5, 5.41) is 9.18. The van der Waals surface area contributed by atoms with E-state index in [0.29, 0.717) is 24.5 Å². The Bertz CT molecular complexity index is 1220. The second-order valence-electron chi connectivity index (χ2n) is 12.0. The first-order chi connectivity index (χ1) is 18.6. The molecule has 214 valence electrons. The number of rotatable bonds is 5. The van der Waals surface area contributed by atoms with Crippen LogP contribution in [0.1, 0.15) is 77.5 Å². The van der Waals surface area contributed by atoms with Gasteiger partial charge in [-0.1, -0.05) is 11.6 Å². The van der Waals surface area contributed by atoms with E-state index in [9.17, 15) is 9.59 Å². The molecular formula is C28H38BrClN4O5. The maximum absolute atomic E-state index is 12.7. The van der Waals surface area contributed by atoms with Gasteiger partial charge in [-0.3, -0.25) is 0 Å². The Hall–Kier alpha value is -2.04. The number of nitrogens with one attached hydrogen (secondary N) is 1. The maximum Gasteiger partial charge on any atom is 0.410 e. The molecule has 1 aliphatic carbocycles. The molecule has 2 aliphatic heterocycles. The van der Waals surface area contributed by atoms with Crippen LogP contribution < -0.4 is 5.32 Å². The van der Waals surface area contributed by atoms with Gasteiger partial charge in [0.15, 0.2) is 6.23 Å². The number of hydrogen-bond donors (Lipinski definition) is 1. The normalized spacial score (nSPS) is 25.4. The average molecular weight is 626 g/mol. The van der Waals surface area contributed by atoms with Crippen molar-refractivity contribution in [3.8, 4) is 0 Å². The van der Waals surface area contributed by atoms with E-state index in [1.807, 2.05) is 37.7 Å². The zero-order valence-electron chi connectivity index (χ0n) is 22.9. The van der Waals surface area contributed by atoms with Crippen molar-refractivity contribution in [1.82, 2.24) is 20.0 Å². The number of alkyl carbamates (subject to hydrolysis) is 1. The van der Waals surface area contributed by atoms with Gasteiger partial charge in [-0.2, -0.15) is 5.10 Å². The Morgan fingerprint density at radius 1 is 1.26 bits per heavy atom. The lowest BCUT2D eigenvalue weighted by Crippen LogP contribution is -2.62. The third-order valence-corrected chi connectivity index (χ3v) is 9.37. The number of likely N-dealkylation sites (tertiary alicyclic amines) is 1. The number of hydrogen-bond acceptors (Lipinski definition) is 6. The summed E-state index contributed by atoms with van der Waals surface area (Å²) < 4.78 is 19.8. The predicted molar refractivity (Wildman–Crippen MR) is 152 cm³/mol. The third-order valence-electron chi connectivity index (χ3n) is 8.12. The average Bonchev–Trinajstić information content (AvgIpc) is 3.32. The molecule has 1 aromatic heterocycles. The van der Waals surface area contributed by atoms with Crippen LogP contribution in [-0.2, 0) is 20.6 Å². The summed E-state index contributed by atoms with van der Waals surface area (Å²) >= 11 is 10.4. The molecule has 3 heterocycles. The molecule has 1 spiro atoms. The van der Waals surface area contributed by atoms with E-state index in [-0.39, 0.29) is 30.4 Å². The van der Waals surface area contributed by atoms with Crippen LogP contribution in [0, 0.1) is 5.41 Å². The quantitative estimate of drug-likeness (QED) is 0.402. The van der Waals surface area contributed by atoms with Gasteiger partial charge in [-0.05, 0) is 93.3 Å². The van der Waals surface area contributed by atoms with Crippen LogP contribution in [0.2, 0.25) is 5.02 Å². The van der Waals surface area contributed by atoms with Gasteiger partial charge >= 0.3 is 12.2 Å². The molecular weight excluding hydrogens is 588 g/mol. The minimum absolute atomic E-state index is 0.0187. The third kappa shape index (κ3) is 6.17. The Balaban J connectivity index is 1.16. The standard InChI is InChI=1S/C28H38BrClN4O5/c1-27(2,3)39-26(36)33-12-6-10-28(17-33)11-8-22(28)32-25(35)38-14-9-18-20(30)15-21-19(24(18)29)16-31-34(21)23-7-4-5-13-37-23/h15-16,22-23H,4-14,17H2,1-3H3,(H,32,35). The number of aromatic nitrogens is 2. The van der Waals surface area contributed by atoms with Crippen molar-refractivity contribution in [2.45, 2.75) is 90.0 Å². The van der Waals surface area contributed by atoms with Gasteiger partial charge in [0.2, 0.25) is 0 Å². The van der Waals surface area contributed by atoms with Crippen molar-refractivity contribution in [3.05, 3.63) is 27.3 Å². The highest BCUT2D eigenvalue weighted by Gasteiger charge is 2.51. The van der Waals surface area contributed by atoms with Gasteiger partial charge in [-0.25, -0.2) is 14.3 Å². The summed E-state index contributed by atoms with van der Waals surface area (Å²) in [6, 6.07) is 1.90. The molecule has 3 fully saturated rings. The zero-order chi connectivity index (χ0) is 27.8. The minimum atomic E-state index is -0.532. The van der Waals surface area contributed by atoms with E-state index < -0.39 is 11.7 Å². The summed E-state index contributed by atoms with van der Waals surface area (Å²) in [4.78, 5) is 27.1. The zero-order valence-corrected chi connectivity index (χ0v) is 25.3. The number of ether oxygens (including phenoxy) is 3. The van der Waals surface area contributed by atoms with Gasteiger partial charge in [-0.15, -0.1) is 0 Å². The Kier molecular flexibility index (Phi) is 8.36. The van der Waals surface area contributed by atoms with Crippen LogP contribution in [0.15, 0.2) is 16.7 Å². The van der Waals surface area contributed by atoms with Crippen molar-refractivity contribution in [1.29, 1.82) is 0 Å². The number of fused-ring (bicyclic) bond motifs is 1. The van der Waals surface area contributed by atoms with Crippen LogP contribution in [-0.4, -0.2) is 64.8 Å². The lowest BCUT2D eigenvalue weighted by Gasteiger charge is -2.54. The Morgan fingerprint density at radius 2 is 2.08 bits per heavy atom. The number of carbonyl (C=O) groups is 2. The molecule has 11 heteroatoms. The summed E-state index contributed by atoms with van der Waals surface area (Å²) in [7, 11) is 0. The molecule has 2 aromatic rings. The topological polar surface area (TPSA) is 94.9 Å². The highest BCUT2D eigenvalue weighted by Crippen LogP contribution is 2.48. The predicted octanol–water partition coefficient (Wildman–Crippen LogP) is 6.60. The molecule has 3 aliphatic rings. The molecule has 2 saturated heterocycles. The molecule has 9 nitrogen and oxygen atoms in total. The number of halogens is 2. The summed E-state index contributed by atoms with van der Waals surface area (Å²) in [5.74, 6) is 0. The van der Waals surface area contributed by atoms with E-state index in [0.717, 1.165) is 72.5 Å². The fourth-order valence-electron chi connectivity index (χ4n) is 6.02. The second kappa shape index (κ2) is 11.4. The largest absolute Gasteiger partial charge is 0.449 e. The van der Waals surface area contributed by atoms with Crippen LogP contribution in [0.5, 0.6) is 0 Å². The monoisotopic (exact) mass is 624 g/mol. The highest BCUT2D eigenvalue weighted by molar-refractivity contribution is 9.10. The fourth-order valence-corrected chi connectivity index (χ4v) is 7.14. The SMILES string of the molecule is CC(C)(C)OC(=O)N1CCCC2(CCC2NC(=O)OCCc2c(Cl)cc3c(cnn3C3CCCCO3)c2Br)C1. The molecule has 1 aromatic carbocycles. The van der Waals surface area contributed by atoms with Gasteiger partial charge in [0.25, 0.3) is 0 Å². The first-order valence-electron chi connectivity index (χ1n) is 13.9. The first-order valence-corrected chi connectivity index (χ1v) is 15.1. The molecule has 0 bridgehead atoms. The van der Waals surface area contributed by atoms with E-state index in [1.54, 1.807) is 4.90 Å². The Labute approximate surface area is 243 Å². The lowest BCUT2D eigenvalue weighted by atomic mass is 9.60. The van der Waals surface area contributed by atoms with Crippen LogP contribution in [0.25, 0.3) is 10.9 Å². The fraction of sp³-hybridized carbons (Fsp3) is 0.679. The van der Waals surface area contributed by atoms with Gasteiger partial charge in [0.05, 0.1) is 18.3 Å². The summed E-state index contributed by atoms with van der Waals surface area (Å²) in [6.45, 7) is 7.82. The molecule has 3 atom stereocenters. The molecule has 3 unspecified atom stereocenters. The number of piperidine rings is 1. The summed E-state index contributed by atoms with van der Waals surface area (Å²) in [6.07, 6.45) is 8.32. The minimum Gasteiger partial charge on any atom is -0.449 e. The van der Waals surface area contributed by atoms with Gasteiger partial charge in [0, 0.05) is 52.5 Å². The maximum atomic E-state index is 12.7. The Morgan fingerprint density at radius 3 is 2.77 bits per heavy atom. The molecule has 39 heavy (non-hydrogen) atoms. The lowest BCUT2D eigenvalue weighted by molar-refractivity contribution is -0.0367. The van der Waals surface area contributed by atoms with E-state index in [1.165, 1.54) is 0 Å². The van der Waals surface area contributed by atoms with Crippen LogP contribution >= 0.6 is 27.5 Å². The van der Waals surface area contributed by atoms with Crippen molar-refractivity contribution in [3.63, 3.8) is 0 Å². The van der Waals surface area contributed by atoms with E-state index in [4.69, 9.17) is 25.8 Å². The van der Waals surface area contributed by atoms with Crippen LogP contribution in [0.4, 0.5) is 9.59 Å². The van der Waals surface area contributed by atoms with Crippen LogP contribution in [0.3, 0.4) is 0 Å². The number of carbonyl (C=O) groups excluding carboxylic acids is 2. The smallest absolute Gasteiger partial charge is 0.410 e. The van der Waals surface area contributed by atoms with E-state index >= 15 is 0 Å². The van der Waals surface area contributed by atoms with E-state index in [2.05, 4.69) is 26.3 Å².